The van der Waals surface area contributed by atoms with Crippen molar-refractivity contribution in [2.45, 2.75) is 19.9 Å². The predicted molar refractivity (Wildman–Crippen MR) is 105 cm³/mol. The van der Waals surface area contributed by atoms with Crippen LogP contribution in [0.25, 0.3) is 11.0 Å². The van der Waals surface area contributed by atoms with Crippen molar-refractivity contribution in [3.63, 3.8) is 0 Å². The average Bonchev–Trinajstić information content (AvgIpc) is 2.94. The highest BCUT2D eigenvalue weighted by atomic mass is 16.5. The van der Waals surface area contributed by atoms with Gasteiger partial charge in [-0.2, -0.15) is 0 Å². The second-order valence-electron chi connectivity index (χ2n) is 7.03. The number of nitrogens with zero attached hydrogens (tertiary/aromatic N) is 1. The molecule has 0 bridgehead atoms. The highest BCUT2D eigenvalue weighted by molar-refractivity contribution is 5.99. The van der Waals surface area contributed by atoms with Gasteiger partial charge in [-0.25, -0.2) is 0 Å². The first-order chi connectivity index (χ1) is 13.5. The summed E-state index contributed by atoms with van der Waals surface area (Å²) in [5.74, 6) is 0.276. The average molecular weight is 379 g/mol. The quantitative estimate of drug-likeness (QED) is 0.754. The van der Waals surface area contributed by atoms with Gasteiger partial charge in [0.05, 0.1) is 30.7 Å². The lowest BCUT2D eigenvalue weighted by Crippen LogP contribution is -2.32. The monoisotopic (exact) mass is 379 g/mol. The van der Waals surface area contributed by atoms with Crippen molar-refractivity contribution in [1.29, 1.82) is 0 Å². The Balaban J connectivity index is 2.03. The molecule has 6 nitrogen and oxygen atoms in total. The first kappa shape index (κ1) is 18.3. The van der Waals surface area contributed by atoms with Gasteiger partial charge in [-0.3, -0.25) is 9.59 Å². The van der Waals surface area contributed by atoms with Crippen LogP contribution in [-0.2, 0) is 0 Å². The molecule has 2 heterocycles. The van der Waals surface area contributed by atoms with Crippen LogP contribution in [0, 0.1) is 13.8 Å². The van der Waals surface area contributed by atoms with Gasteiger partial charge in [0.2, 0.25) is 5.76 Å². The van der Waals surface area contributed by atoms with Gasteiger partial charge < -0.3 is 19.2 Å². The number of benzene rings is 2. The molecule has 0 radical (unpaired) electrons. The lowest BCUT2D eigenvalue weighted by Gasteiger charge is -2.24. The van der Waals surface area contributed by atoms with Crippen LogP contribution in [0.3, 0.4) is 0 Å². The molecule has 144 valence electrons. The molecular weight excluding hydrogens is 358 g/mol. The summed E-state index contributed by atoms with van der Waals surface area (Å²) in [6.45, 7) is 3.66. The maximum absolute atomic E-state index is 13.5. The number of carbonyl (C=O) groups is 1. The van der Waals surface area contributed by atoms with Crippen LogP contribution in [0.15, 0.2) is 45.6 Å². The lowest BCUT2D eigenvalue weighted by molar-refractivity contribution is 0.0691. The number of rotatable bonds is 4. The zero-order valence-corrected chi connectivity index (χ0v) is 16.0. The van der Waals surface area contributed by atoms with Crippen LogP contribution < -0.4 is 10.2 Å². The first-order valence-corrected chi connectivity index (χ1v) is 9.10. The van der Waals surface area contributed by atoms with E-state index in [0.717, 1.165) is 16.7 Å². The van der Waals surface area contributed by atoms with Crippen LogP contribution in [0.5, 0.6) is 5.75 Å². The smallest absolute Gasteiger partial charge is 0.290 e. The Bertz CT molecular complexity index is 1150. The van der Waals surface area contributed by atoms with E-state index >= 15 is 0 Å². The molecule has 1 aliphatic heterocycles. The summed E-state index contributed by atoms with van der Waals surface area (Å²) in [7, 11) is 1.56. The number of aryl methyl sites for hydroxylation is 2. The first-order valence-electron chi connectivity index (χ1n) is 9.10. The third-order valence-corrected chi connectivity index (χ3v) is 5.16. The molecule has 2 aromatic carbocycles. The SMILES string of the molecule is COc1cccc(C2c3c(oc4cc(C)cc(C)c4c3=O)C(=O)N2CCO)c1. The molecule has 0 fully saturated rings. The fourth-order valence-electron chi connectivity index (χ4n) is 4.01. The molecule has 1 unspecified atom stereocenters. The van der Waals surface area contributed by atoms with Gasteiger partial charge >= 0.3 is 0 Å². The van der Waals surface area contributed by atoms with E-state index < -0.39 is 11.9 Å². The van der Waals surface area contributed by atoms with Gasteiger partial charge in [-0.05, 0) is 48.7 Å². The van der Waals surface area contributed by atoms with Crippen LogP contribution in [0.1, 0.15) is 38.9 Å². The fraction of sp³-hybridized carbons (Fsp3) is 0.273. The molecule has 1 aliphatic rings. The minimum Gasteiger partial charge on any atom is -0.497 e. The van der Waals surface area contributed by atoms with Crippen molar-refractivity contribution >= 4 is 16.9 Å². The summed E-state index contributed by atoms with van der Waals surface area (Å²) < 4.78 is 11.2. The van der Waals surface area contributed by atoms with Crippen LogP contribution in [-0.4, -0.2) is 36.2 Å². The normalized spacial score (nSPS) is 15.9. The summed E-state index contributed by atoms with van der Waals surface area (Å²) in [5.41, 5.74) is 3.00. The number of hydrogen-bond donors (Lipinski definition) is 1. The minimum atomic E-state index is -0.633. The van der Waals surface area contributed by atoms with Crippen molar-refractivity contribution in [3.8, 4) is 5.75 Å². The Morgan fingerprint density at radius 1 is 1.18 bits per heavy atom. The van der Waals surface area contributed by atoms with Crippen molar-refractivity contribution in [2.24, 2.45) is 0 Å². The van der Waals surface area contributed by atoms with Gasteiger partial charge in [0.25, 0.3) is 5.91 Å². The maximum atomic E-state index is 13.5. The molecule has 3 aromatic rings. The topological polar surface area (TPSA) is 80.0 Å². The molecule has 0 saturated carbocycles. The van der Waals surface area contributed by atoms with E-state index in [1.165, 1.54) is 4.90 Å². The molecular formula is C22H21NO5. The highest BCUT2D eigenvalue weighted by Crippen LogP contribution is 2.39. The van der Waals surface area contributed by atoms with Crippen LogP contribution >= 0.6 is 0 Å². The number of ether oxygens (including phenoxy) is 1. The number of carbonyl (C=O) groups excluding carboxylic acids is 1. The molecule has 0 aliphatic carbocycles. The third-order valence-electron chi connectivity index (χ3n) is 5.16. The predicted octanol–water partition coefficient (Wildman–Crippen LogP) is 2.96. The molecule has 1 amide bonds. The van der Waals surface area contributed by atoms with Crippen molar-refractivity contribution in [1.82, 2.24) is 4.90 Å². The van der Waals surface area contributed by atoms with Gasteiger partial charge in [-0.1, -0.05) is 18.2 Å². The minimum absolute atomic E-state index is 0.0452. The second-order valence-corrected chi connectivity index (χ2v) is 7.03. The Hall–Kier alpha value is -3.12. The summed E-state index contributed by atoms with van der Waals surface area (Å²) in [5, 5.41) is 9.98. The van der Waals surface area contributed by atoms with E-state index in [0.29, 0.717) is 22.3 Å². The number of methoxy groups -OCH3 is 1. The molecule has 4 rings (SSSR count). The Morgan fingerprint density at radius 2 is 1.96 bits per heavy atom. The van der Waals surface area contributed by atoms with Crippen LogP contribution in [0.4, 0.5) is 0 Å². The summed E-state index contributed by atoms with van der Waals surface area (Å²) in [6.07, 6.45) is 0. The number of aliphatic hydroxyl groups excluding tert-OH is 1. The van der Waals surface area contributed by atoms with Crippen molar-refractivity contribution < 1.29 is 19.1 Å². The Morgan fingerprint density at radius 3 is 2.68 bits per heavy atom. The zero-order chi connectivity index (χ0) is 20.0. The van der Waals surface area contributed by atoms with Crippen molar-refractivity contribution in [3.05, 3.63) is 74.6 Å². The maximum Gasteiger partial charge on any atom is 0.290 e. The summed E-state index contributed by atoms with van der Waals surface area (Å²) in [6, 6.07) is 10.3. The van der Waals surface area contributed by atoms with E-state index in [4.69, 9.17) is 9.15 Å². The molecule has 0 saturated heterocycles. The number of fused-ring (bicyclic) bond motifs is 2. The van der Waals surface area contributed by atoms with Crippen LogP contribution in [0.2, 0.25) is 0 Å². The number of hydrogen-bond acceptors (Lipinski definition) is 5. The van der Waals surface area contributed by atoms with E-state index in [-0.39, 0.29) is 24.3 Å². The summed E-state index contributed by atoms with van der Waals surface area (Å²) in [4.78, 5) is 28.0. The second kappa shape index (κ2) is 6.80. The van der Waals surface area contributed by atoms with E-state index in [9.17, 15) is 14.7 Å². The fourth-order valence-corrected chi connectivity index (χ4v) is 4.01. The van der Waals surface area contributed by atoms with E-state index in [2.05, 4.69) is 0 Å². The van der Waals surface area contributed by atoms with Gasteiger partial charge in [-0.15, -0.1) is 0 Å². The lowest BCUT2D eigenvalue weighted by atomic mass is 9.97. The molecule has 6 heteroatoms. The summed E-state index contributed by atoms with van der Waals surface area (Å²) >= 11 is 0. The molecule has 1 atom stereocenters. The Labute approximate surface area is 162 Å². The standard InChI is InChI=1S/C22H21NO5/c1-12-9-13(2)17-16(10-12)28-21-18(20(17)25)19(23(7-8-24)22(21)26)14-5-4-6-15(11-14)27-3/h4-6,9-11,19,24H,7-8H2,1-3H3. The highest BCUT2D eigenvalue weighted by Gasteiger charge is 2.42. The van der Waals surface area contributed by atoms with E-state index in [1.54, 1.807) is 25.3 Å². The van der Waals surface area contributed by atoms with Gasteiger partial charge in [0, 0.05) is 6.54 Å². The van der Waals surface area contributed by atoms with Crippen molar-refractivity contribution in [2.75, 3.05) is 20.3 Å². The number of β-amino-alcohol motifs (C(OH)–C–C–N with tert-alkyl or cyclic N) is 1. The van der Waals surface area contributed by atoms with Gasteiger partial charge in [0.1, 0.15) is 11.3 Å². The molecule has 28 heavy (non-hydrogen) atoms. The van der Waals surface area contributed by atoms with E-state index in [1.807, 2.05) is 32.0 Å². The molecule has 1 N–H and O–H groups in total. The third kappa shape index (κ3) is 2.68. The Kier molecular flexibility index (Phi) is 4.43. The number of aliphatic hydroxyl groups is 1. The van der Waals surface area contributed by atoms with Gasteiger partial charge in [0.15, 0.2) is 5.43 Å². The zero-order valence-electron chi connectivity index (χ0n) is 16.0. The largest absolute Gasteiger partial charge is 0.497 e. The molecule has 1 aromatic heterocycles. The molecule has 0 spiro atoms. The number of amides is 1.